The van der Waals surface area contributed by atoms with E-state index in [2.05, 4.69) is 6.92 Å². The van der Waals surface area contributed by atoms with Crippen molar-refractivity contribution in [2.45, 2.75) is 31.8 Å². The summed E-state index contributed by atoms with van der Waals surface area (Å²) in [7, 11) is 0. The minimum Gasteiger partial charge on any atom is -0.361 e. The summed E-state index contributed by atoms with van der Waals surface area (Å²) >= 11 is 0. The summed E-state index contributed by atoms with van der Waals surface area (Å²) in [6.45, 7) is 3.51. The highest BCUT2D eigenvalue weighted by Gasteiger charge is 2.44. The number of carbonyl (C=O) groups is 2. The average molecular weight is 396 g/mol. The standard InChI is InChI=1S/C23H25FN2O3/c1-2-17-4-6-18(7-5-17)22(28)25-13-3-12-23(15-25)16-26(21(27)14-29-23)20-10-8-19(24)9-11-20/h4-11H,2-3,12-16H2,1H3. The van der Waals surface area contributed by atoms with Crippen molar-refractivity contribution in [1.29, 1.82) is 0 Å². The molecule has 5 nitrogen and oxygen atoms in total. The highest BCUT2D eigenvalue weighted by atomic mass is 19.1. The van der Waals surface area contributed by atoms with Crippen LogP contribution in [0, 0.1) is 5.82 Å². The fourth-order valence-corrected chi connectivity index (χ4v) is 4.15. The molecule has 2 aliphatic rings. The Labute approximate surface area is 170 Å². The van der Waals surface area contributed by atoms with Crippen molar-refractivity contribution in [3.05, 3.63) is 65.5 Å². The van der Waals surface area contributed by atoms with Crippen molar-refractivity contribution in [3.63, 3.8) is 0 Å². The molecule has 0 aliphatic carbocycles. The lowest BCUT2D eigenvalue weighted by Crippen LogP contribution is -2.62. The number of piperidine rings is 1. The minimum absolute atomic E-state index is 0.0134. The first-order chi connectivity index (χ1) is 14.0. The van der Waals surface area contributed by atoms with Crippen LogP contribution in [0.5, 0.6) is 0 Å². The zero-order chi connectivity index (χ0) is 20.4. The molecule has 0 aromatic heterocycles. The van der Waals surface area contributed by atoms with Gasteiger partial charge in [-0.25, -0.2) is 4.39 Å². The molecule has 2 aromatic carbocycles. The molecular weight excluding hydrogens is 371 g/mol. The zero-order valence-corrected chi connectivity index (χ0v) is 16.6. The monoisotopic (exact) mass is 396 g/mol. The fourth-order valence-electron chi connectivity index (χ4n) is 4.15. The second-order valence-corrected chi connectivity index (χ2v) is 7.81. The van der Waals surface area contributed by atoms with Crippen LogP contribution in [0.3, 0.4) is 0 Å². The number of aryl methyl sites for hydroxylation is 1. The van der Waals surface area contributed by atoms with E-state index in [1.807, 2.05) is 29.2 Å². The molecule has 2 heterocycles. The molecule has 1 unspecified atom stereocenters. The van der Waals surface area contributed by atoms with Gasteiger partial charge in [0.05, 0.1) is 13.1 Å². The van der Waals surface area contributed by atoms with Gasteiger partial charge in [0.25, 0.3) is 11.8 Å². The van der Waals surface area contributed by atoms with E-state index in [0.717, 1.165) is 19.3 Å². The Morgan fingerprint density at radius 1 is 1.10 bits per heavy atom. The summed E-state index contributed by atoms with van der Waals surface area (Å²) in [4.78, 5) is 28.9. The summed E-state index contributed by atoms with van der Waals surface area (Å²) < 4.78 is 19.3. The fraction of sp³-hybridized carbons (Fsp3) is 0.391. The Balaban J connectivity index is 1.52. The van der Waals surface area contributed by atoms with Gasteiger partial charge in [0, 0.05) is 17.8 Å². The zero-order valence-electron chi connectivity index (χ0n) is 16.6. The average Bonchev–Trinajstić information content (AvgIpc) is 2.76. The number of halogens is 1. The molecule has 0 saturated carbocycles. The maximum Gasteiger partial charge on any atom is 0.253 e. The van der Waals surface area contributed by atoms with Crippen LogP contribution in [0.4, 0.5) is 10.1 Å². The number of anilines is 1. The van der Waals surface area contributed by atoms with Gasteiger partial charge < -0.3 is 14.5 Å². The highest BCUT2D eigenvalue weighted by Crippen LogP contribution is 2.32. The number of hydrogen-bond donors (Lipinski definition) is 0. The topological polar surface area (TPSA) is 49.9 Å². The van der Waals surface area contributed by atoms with Crippen LogP contribution in [0.15, 0.2) is 48.5 Å². The van der Waals surface area contributed by atoms with Crippen molar-refractivity contribution in [2.75, 3.05) is 31.1 Å². The van der Waals surface area contributed by atoms with Crippen LogP contribution in [-0.2, 0) is 16.0 Å². The van der Waals surface area contributed by atoms with E-state index in [4.69, 9.17) is 4.74 Å². The Hall–Kier alpha value is -2.73. The molecule has 4 rings (SSSR count). The number of nitrogens with zero attached hydrogens (tertiary/aromatic N) is 2. The first-order valence-electron chi connectivity index (χ1n) is 10.1. The first kappa shape index (κ1) is 19.6. The third-order valence-electron chi connectivity index (χ3n) is 5.82. The molecule has 2 amide bonds. The lowest BCUT2D eigenvalue weighted by atomic mass is 9.90. The molecule has 2 saturated heterocycles. The van der Waals surface area contributed by atoms with Crippen molar-refractivity contribution < 1.29 is 18.7 Å². The van der Waals surface area contributed by atoms with Crippen LogP contribution in [0.2, 0.25) is 0 Å². The summed E-state index contributed by atoms with van der Waals surface area (Å²) in [5.41, 5.74) is 1.92. The second-order valence-electron chi connectivity index (χ2n) is 7.81. The van der Waals surface area contributed by atoms with Gasteiger partial charge in [-0.05, 0) is 61.2 Å². The van der Waals surface area contributed by atoms with Gasteiger partial charge in [-0.1, -0.05) is 19.1 Å². The van der Waals surface area contributed by atoms with E-state index in [9.17, 15) is 14.0 Å². The van der Waals surface area contributed by atoms with Crippen molar-refractivity contribution in [2.24, 2.45) is 0 Å². The van der Waals surface area contributed by atoms with Crippen LogP contribution in [0.1, 0.15) is 35.7 Å². The van der Waals surface area contributed by atoms with Crippen LogP contribution in [0.25, 0.3) is 0 Å². The molecule has 0 radical (unpaired) electrons. The smallest absolute Gasteiger partial charge is 0.253 e. The summed E-state index contributed by atoms with van der Waals surface area (Å²) in [6, 6.07) is 13.6. The van der Waals surface area contributed by atoms with E-state index < -0.39 is 5.60 Å². The normalized spacial score (nSPS) is 22.2. The van der Waals surface area contributed by atoms with Gasteiger partial charge in [0.1, 0.15) is 18.0 Å². The van der Waals surface area contributed by atoms with Gasteiger partial charge in [-0.15, -0.1) is 0 Å². The number of benzene rings is 2. The number of ether oxygens (including phenoxy) is 1. The lowest BCUT2D eigenvalue weighted by Gasteiger charge is -2.47. The van der Waals surface area contributed by atoms with E-state index in [-0.39, 0.29) is 24.2 Å². The number of likely N-dealkylation sites (tertiary alicyclic amines) is 1. The van der Waals surface area contributed by atoms with Gasteiger partial charge in [-0.3, -0.25) is 9.59 Å². The summed E-state index contributed by atoms with van der Waals surface area (Å²) in [6.07, 6.45) is 2.52. The number of amides is 2. The molecule has 152 valence electrons. The molecule has 1 spiro atoms. The molecule has 0 bridgehead atoms. The predicted octanol–water partition coefficient (Wildman–Crippen LogP) is 3.43. The number of morpholine rings is 1. The molecule has 29 heavy (non-hydrogen) atoms. The molecule has 2 aliphatic heterocycles. The largest absolute Gasteiger partial charge is 0.361 e. The van der Waals surface area contributed by atoms with Gasteiger partial charge in [0.2, 0.25) is 0 Å². The Bertz CT molecular complexity index is 897. The van der Waals surface area contributed by atoms with Crippen molar-refractivity contribution in [1.82, 2.24) is 4.90 Å². The number of rotatable bonds is 3. The quantitative estimate of drug-likeness (QED) is 0.799. The SMILES string of the molecule is CCc1ccc(C(=O)N2CCCC3(C2)CN(c2ccc(F)cc2)C(=O)CO3)cc1. The van der Waals surface area contributed by atoms with Crippen LogP contribution >= 0.6 is 0 Å². The van der Waals surface area contributed by atoms with E-state index in [1.165, 1.54) is 17.7 Å². The lowest BCUT2D eigenvalue weighted by molar-refractivity contribution is -0.144. The third kappa shape index (κ3) is 4.03. The van der Waals surface area contributed by atoms with Gasteiger partial charge in [-0.2, -0.15) is 0 Å². The summed E-state index contributed by atoms with van der Waals surface area (Å²) in [5.74, 6) is -0.505. The highest BCUT2D eigenvalue weighted by molar-refractivity contribution is 5.96. The maximum atomic E-state index is 13.3. The minimum atomic E-state index is -0.598. The van der Waals surface area contributed by atoms with E-state index in [0.29, 0.717) is 30.9 Å². The molecule has 1 atom stereocenters. The second kappa shape index (κ2) is 7.95. The maximum absolute atomic E-state index is 13.3. The van der Waals surface area contributed by atoms with Crippen LogP contribution in [-0.4, -0.2) is 48.6 Å². The van der Waals surface area contributed by atoms with Crippen molar-refractivity contribution >= 4 is 17.5 Å². The Kier molecular flexibility index (Phi) is 5.37. The molecule has 2 fully saturated rings. The Morgan fingerprint density at radius 2 is 1.83 bits per heavy atom. The Morgan fingerprint density at radius 3 is 2.52 bits per heavy atom. The predicted molar refractivity (Wildman–Crippen MR) is 108 cm³/mol. The number of hydrogen-bond acceptors (Lipinski definition) is 3. The molecule has 0 N–H and O–H groups in total. The van der Waals surface area contributed by atoms with Crippen LogP contribution < -0.4 is 4.90 Å². The third-order valence-corrected chi connectivity index (χ3v) is 5.82. The van der Waals surface area contributed by atoms with E-state index in [1.54, 1.807) is 17.0 Å². The van der Waals surface area contributed by atoms with Gasteiger partial charge in [0.15, 0.2) is 0 Å². The first-order valence-corrected chi connectivity index (χ1v) is 10.1. The number of carbonyl (C=O) groups excluding carboxylic acids is 2. The molecule has 2 aromatic rings. The van der Waals surface area contributed by atoms with E-state index >= 15 is 0 Å². The molecule has 6 heteroatoms. The summed E-state index contributed by atoms with van der Waals surface area (Å²) in [5, 5.41) is 0. The van der Waals surface area contributed by atoms with Crippen molar-refractivity contribution in [3.8, 4) is 0 Å². The molecular formula is C23H25FN2O3. The van der Waals surface area contributed by atoms with Gasteiger partial charge >= 0.3 is 0 Å².